The SMILES string of the molecule is CCCNC(=O)[C@@H](C)N(Cc1ccc(OC)cc1)C(=O)CCc1ccc(OC)c(OC)c1. The van der Waals surface area contributed by atoms with E-state index in [1.165, 1.54) is 0 Å². The van der Waals surface area contributed by atoms with Crippen LogP contribution in [0.3, 0.4) is 0 Å². The summed E-state index contributed by atoms with van der Waals surface area (Å²) in [4.78, 5) is 27.5. The molecule has 2 rings (SSSR count). The van der Waals surface area contributed by atoms with Gasteiger partial charge in [0.05, 0.1) is 21.3 Å². The average molecular weight is 443 g/mol. The lowest BCUT2D eigenvalue weighted by molar-refractivity contribution is -0.140. The number of rotatable bonds is 12. The van der Waals surface area contributed by atoms with Gasteiger partial charge in [0.1, 0.15) is 11.8 Å². The molecule has 0 aliphatic rings. The highest BCUT2D eigenvalue weighted by Gasteiger charge is 2.25. The second-order valence-electron chi connectivity index (χ2n) is 7.53. The first-order valence-corrected chi connectivity index (χ1v) is 10.8. The molecule has 32 heavy (non-hydrogen) atoms. The van der Waals surface area contributed by atoms with Crippen LogP contribution in [0, 0.1) is 0 Å². The van der Waals surface area contributed by atoms with Crippen molar-refractivity contribution in [1.29, 1.82) is 0 Å². The first-order chi connectivity index (χ1) is 15.4. The summed E-state index contributed by atoms with van der Waals surface area (Å²) in [5, 5.41) is 2.89. The quantitative estimate of drug-likeness (QED) is 0.544. The van der Waals surface area contributed by atoms with Gasteiger partial charge in [0.25, 0.3) is 0 Å². The van der Waals surface area contributed by atoms with Gasteiger partial charge in [-0.2, -0.15) is 0 Å². The molecule has 0 aliphatic heterocycles. The van der Waals surface area contributed by atoms with E-state index < -0.39 is 6.04 Å². The number of ether oxygens (including phenoxy) is 3. The Morgan fingerprint density at radius 1 is 0.938 bits per heavy atom. The highest BCUT2D eigenvalue weighted by Crippen LogP contribution is 2.28. The highest BCUT2D eigenvalue weighted by molar-refractivity contribution is 5.87. The lowest BCUT2D eigenvalue weighted by Crippen LogP contribution is -2.47. The van der Waals surface area contributed by atoms with Crippen LogP contribution in [0.1, 0.15) is 37.8 Å². The van der Waals surface area contributed by atoms with Crippen molar-refractivity contribution >= 4 is 11.8 Å². The molecule has 0 radical (unpaired) electrons. The Morgan fingerprint density at radius 3 is 2.19 bits per heavy atom. The van der Waals surface area contributed by atoms with Crippen molar-refractivity contribution in [3.63, 3.8) is 0 Å². The molecule has 0 heterocycles. The zero-order valence-corrected chi connectivity index (χ0v) is 19.6. The van der Waals surface area contributed by atoms with Crippen molar-refractivity contribution in [2.75, 3.05) is 27.9 Å². The van der Waals surface area contributed by atoms with Crippen molar-refractivity contribution in [1.82, 2.24) is 10.2 Å². The van der Waals surface area contributed by atoms with Gasteiger partial charge >= 0.3 is 0 Å². The van der Waals surface area contributed by atoms with Gasteiger partial charge in [-0.15, -0.1) is 0 Å². The van der Waals surface area contributed by atoms with Crippen LogP contribution in [0.5, 0.6) is 17.2 Å². The predicted molar refractivity (Wildman–Crippen MR) is 124 cm³/mol. The third kappa shape index (κ3) is 6.90. The fraction of sp³-hybridized carbons (Fsp3) is 0.440. The summed E-state index contributed by atoms with van der Waals surface area (Å²) in [5.74, 6) is 1.77. The van der Waals surface area contributed by atoms with E-state index in [-0.39, 0.29) is 18.2 Å². The Balaban J connectivity index is 2.15. The van der Waals surface area contributed by atoms with E-state index in [4.69, 9.17) is 14.2 Å². The third-order valence-corrected chi connectivity index (χ3v) is 5.30. The Hall–Kier alpha value is -3.22. The Labute approximate surface area is 190 Å². The number of aryl methyl sites for hydroxylation is 1. The minimum absolute atomic E-state index is 0.0882. The first kappa shape index (κ1) is 25.0. The van der Waals surface area contributed by atoms with Crippen LogP contribution in [-0.4, -0.2) is 50.6 Å². The Morgan fingerprint density at radius 2 is 1.59 bits per heavy atom. The molecule has 174 valence electrons. The fourth-order valence-electron chi connectivity index (χ4n) is 3.34. The van der Waals surface area contributed by atoms with E-state index in [2.05, 4.69) is 5.32 Å². The molecule has 2 amide bonds. The highest BCUT2D eigenvalue weighted by atomic mass is 16.5. The molecule has 7 nitrogen and oxygen atoms in total. The topological polar surface area (TPSA) is 77.1 Å². The normalized spacial score (nSPS) is 11.4. The van der Waals surface area contributed by atoms with Gasteiger partial charge in [0, 0.05) is 19.5 Å². The monoisotopic (exact) mass is 442 g/mol. The van der Waals surface area contributed by atoms with E-state index >= 15 is 0 Å². The molecule has 1 atom stereocenters. The minimum atomic E-state index is -0.582. The molecule has 0 saturated heterocycles. The molecular formula is C25H34N2O5. The smallest absolute Gasteiger partial charge is 0.242 e. The van der Waals surface area contributed by atoms with Crippen molar-refractivity contribution in [3.8, 4) is 17.2 Å². The molecule has 0 unspecified atom stereocenters. The van der Waals surface area contributed by atoms with Crippen LogP contribution in [0.4, 0.5) is 0 Å². The van der Waals surface area contributed by atoms with Gasteiger partial charge in [-0.1, -0.05) is 25.1 Å². The average Bonchev–Trinajstić information content (AvgIpc) is 2.83. The largest absolute Gasteiger partial charge is 0.497 e. The van der Waals surface area contributed by atoms with Crippen LogP contribution in [0.15, 0.2) is 42.5 Å². The fourth-order valence-corrected chi connectivity index (χ4v) is 3.34. The molecule has 0 fully saturated rings. The molecule has 2 aromatic rings. The van der Waals surface area contributed by atoms with Crippen molar-refractivity contribution in [2.45, 2.75) is 45.7 Å². The number of carbonyl (C=O) groups excluding carboxylic acids is 2. The maximum absolute atomic E-state index is 13.2. The van der Waals surface area contributed by atoms with Crippen LogP contribution in [-0.2, 0) is 22.6 Å². The summed E-state index contributed by atoms with van der Waals surface area (Å²) in [5.41, 5.74) is 1.89. The maximum atomic E-state index is 13.2. The van der Waals surface area contributed by atoms with Crippen molar-refractivity contribution in [2.24, 2.45) is 0 Å². The molecule has 0 aromatic heterocycles. The zero-order valence-electron chi connectivity index (χ0n) is 19.6. The van der Waals surface area contributed by atoms with Gasteiger partial charge in [-0.25, -0.2) is 0 Å². The molecule has 1 N–H and O–H groups in total. The van der Waals surface area contributed by atoms with E-state index in [9.17, 15) is 9.59 Å². The summed E-state index contributed by atoms with van der Waals surface area (Å²) in [6, 6.07) is 12.5. The van der Waals surface area contributed by atoms with Crippen LogP contribution >= 0.6 is 0 Å². The third-order valence-electron chi connectivity index (χ3n) is 5.30. The molecule has 7 heteroatoms. The van der Waals surface area contributed by atoms with Crippen LogP contribution < -0.4 is 19.5 Å². The first-order valence-electron chi connectivity index (χ1n) is 10.8. The Kier molecular flexibility index (Phi) is 9.85. The molecular weight excluding hydrogens is 408 g/mol. The molecule has 0 saturated carbocycles. The zero-order chi connectivity index (χ0) is 23.5. The number of hydrogen-bond acceptors (Lipinski definition) is 5. The summed E-state index contributed by atoms with van der Waals surface area (Å²) < 4.78 is 15.8. The lowest BCUT2D eigenvalue weighted by atomic mass is 10.1. The van der Waals surface area contributed by atoms with Crippen LogP contribution in [0.2, 0.25) is 0 Å². The standard InChI is InChI=1S/C25H34N2O5/c1-6-15-26-25(29)18(2)27(17-20-7-11-21(30-3)12-8-20)24(28)14-10-19-9-13-22(31-4)23(16-19)32-5/h7-9,11-13,16,18H,6,10,14-15,17H2,1-5H3,(H,26,29)/t18-/m1/s1. The molecule has 0 spiro atoms. The molecule has 0 bridgehead atoms. The van der Waals surface area contributed by atoms with E-state index in [1.54, 1.807) is 33.2 Å². The summed E-state index contributed by atoms with van der Waals surface area (Å²) in [6.07, 6.45) is 1.64. The van der Waals surface area contributed by atoms with E-state index in [1.807, 2.05) is 49.4 Å². The maximum Gasteiger partial charge on any atom is 0.242 e. The number of methoxy groups -OCH3 is 3. The van der Waals surface area contributed by atoms with E-state index in [0.29, 0.717) is 31.0 Å². The van der Waals surface area contributed by atoms with Crippen molar-refractivity contribution in [3.05, 3.63) is 53.6 Å². The number of benzene rings is 2. The summed E-state index contributed by atoms with van der Waals surface area (Å²) >= 11 is 0. The number of nitrogens with zero attached hydrogens (tertiary/aromatic N) is 1. The number of hydrogen-bond donors (Lipinski definition) is 1. The lowest BCUT2D eigenvalue weighted by Gasteiger charge is -2.29. The Bertz CT molecular complexity index is 882. The van der Waals surface area contributed by atoms with E-state index in [0.717, 1.165) is 23.3 Å². The number of carbonyl (C=O) groups is 2. The predicted octanol–water partition coefficient (Wildman–Crippen LogP) is 3.59. The van der Waals surface area contributed by atoms with Crippen molar-refractivity contribution < 1.29 is 23.8 Å². The second-order valence-corrected chi connectivity index (χ2v) is 7.53. The van der Waals surface area contributed by atoms with Gasteiger partial charge in [0.15, 0.2) is 11.5 Å². The molecule has 0 aliphatic carbocycles. The van der Waals surface area contributed by atoms with Crippen LogP contribution in [0.25, 0.3) is 0 Å². The minimum Gasteiger partial charge on any atom is -0.497 e. The van der Waals surface area contributed by atoms with Gasteiger partial charge in [-0.3, -0.25) is 9.59 Å². The summed E-state index contributed by atoms with van der Waals surface area (Å²) in [7, 11) is 4.78. The summed E-state index contributed by atoms with van der Waals surface area (Å²) in [6.45, 7) is 4.69. The van der Waals surface area contributed by atoms with Gasteiger partial charge in [0.2, 0.25) is 11.8 Å². The number of nitrogens with one attached hydrogen (secondary N) is 1. The molecule has 2 aromatic carbocycles. The van der Waals surface area contributed by atoms with Gasteiger partial charge in [-0.05, 0) is 55.2 Å². The second kappa shape index (κ2) is 12.6. The van der Waals surface area contributed by atoms with Gasteiger partial charge < -0.3 is 24.4 Å². The number of amides is 2.